The molecule has 134 valence electrons. The molecular weight excluding hydrogens is 326 g/mol. The number of rotatable bonds is 5. The topological polar surface area (TPSA) is 56.3 Å². The van der Waals surface area contributed by atoms with Gasteiger partial charge in [-0.1, -0.05) is 18.2 Å². The Bertz CT molecular complexity index is 920. The van der Waals surface area contributed by atoms with Gasteiger partial charge in [0.1, 0.15) is 6.10 Å². The average molecular weight is 349 g/mol. The van der Waals surface area contributed by atoms with Gasteiger partial charge in [-0.2, -0.15) is 0 Å². The van der Waals surface area contributed by atoms with Gasteiger partial charge in [0, 0.05) is 42.0 Å². The Labute approximate surface area is 153 Å². The number of aryl methyl sites for hydroxylation is 1. The van der Waals surface area contributed by atoms with E-state index in [0.717, 1.165) is 40.9 Å². The third kappa shape index (κ3) is 3.48. The van der Waals surface area contributed by atoms with Crippen molar-refractivity contribution in [3.8, 4) is 5.88 Å². The number of hydrogen-bond donors (Lipinski definition) is 1. The number of anilines is 1. The van der Waals surface area contributed by atoms with Crippen molar-refractivity contribution in [1.29, 1.82) is 0 Å². The molecule has 3 aromatic rings. The molecule has 5 heteroatoms. The van der Waals surface area contributed by atoms with Crippen LogP contribution in [0.2, 0.25) is 0 Å². The molecule has 1 aromatic carbocycles. The summed E-state index contributed by atoms with van der Waals surface area (Å²) in [5.74, 6) is 0.660. The number of nitrogens with one attached hydrogen (secondary N) is 1. The summed E-state index contributed by atoms with van der Waals surface area (Å²) in [6.07, 6.45) is 2.83. The van der Waals surface area contributed by atoms with E-state index in [-0.39, 0.29) is 6.10 Å². The van der Waals surface area contributed by atoms with Gasteiger partial charge in [0.25, 0.3) is 0 Å². The highest BCUT2D eigenvalue weighted by molar-refractivity contribution is 5.93. The number of para-hydroxylation sites is 1. The molecule has 0 radical (unpaired) electrons. The first-order valence-electron chi connectivity index (χ1n) is 9.00. The molecule has 0 bridgehead atoms. The van der Waals surface area contributed by atoms with E-state index in [1.165, 1.54) is 5.56 Å². The summed E-state index contributed by atoms with van der Waals surface area (Å²) in [5, 5.41) is 4.73. The fourth-order valence-corrected chi connectivity index (χ4v) is 3.25. The van der Waals surface area contributed by atoms with Crippen molar-refractivity contribution in [3.63, 3.8) is 0 Å². The molecule has 1 N–H and O–H groups in total. The minimum Gasteiger partial charge on any atom is -0.472 e. The second-order valence-electron chi connectivity index (χ2n) is 6.67. The molecule has 0 amide bonds. The van der Waals surface area contributed by atoms with Gasteiger partial charge in [0.15, 0.2) is 0 Å². The van der Waals surface area contributed by atoms with Crippen LogP contribution in [0.4, 0.5) is 5.69 Å². The van der Waals surface area contributed by atoms with Gasteiger partial charge in [0.2, 0.25) is 5.88 Å². The van der Waals surface area contributed by atoms with Crippen LogP contribution in [0.15, 0.2) is 42.6 Å². The Morgan fingerprint density at radius 2 is 2.12 bits per heavy atom. The second kappa shape index (κ2) is 7.30. The third-order valence-corrected chi connectivity index (χ3v) is 4.82. The molecule has 4 rings (SSSR count). The summed E-state index contributed by atoms with van der Waals surface area (Å²) >= 11 is 0. The molecule has 1 atom stereocenters. The van der Waals surface area contributed by atoms with Crippen LogP contribution in [-0.4, -0.2) is 29.3 Å². The molecular formula is C21H23N3O2. The van der Waals surface area contributed by atoms with Gasteiger partial charge in [-0.25, -0.2) is 4.98 Å². The van der Waals surface area contributed by atoms with Gasteiger partial charge in [-0.05, 0) is 37.1 Å². The summed E-state index contributed by atoms with van der Waals surface area (Å²) in [7, 11) is 0. The van der Waals surface area contributed by atoms with Gasteiger partial charge in [-0.15, -0.1) is 0 Å². The number of hydrogen-bond acceptors (Lipinski definition) is 5. The molecule has 1 unspecified atom stereocenters. The maximum Gasteiger partial charge on any atom is 0.213 e. The van der Waals surface area contributed by atoms with Gasteiger partial charge >= 0.3 is 0 Å². The van der Waals surface area contributed by atoms with Crippen molar-refractivity contribution < 1.29 is 9.47 Å². The molecule has 0 saturated carbocycles. The van der Waals surface area contributed by atoms with Crippen LogP contribution in [0, 0.1) is 13.8 Å². The van der Waals surface area contributed by atoms with E-state index in [1.54, 1.807) is 6.20 Å². The van der Waals surface area contributed by atoms with E-state index in [2.05, 4.69) is 41.3 Å². The predicted molar refractivity (Wildman–Crippen MR) is 103 cm³/mol. The zero-order chi connectivity index (χ0) is 17.9. The first kappa shape index (κ1) is 16.8. The number of aromatic nitrogens is 2. The maximum absolute atomic E-state index is 5.91. The van der Waals surface area contributed by atoms with Gasteiger partial charge in [-0.3, -0.25) is 4.98 Å². The first-order chi connectivity index (χ1) is 12.7. The third-order valence-electron chi connectivity index (χ3n) is 4.82. The van der Waals surface area contributed by atoms with Crippen LogP contribution < -0.4 is 10.1 Å². The smallest absolute Gasteiger partial charge is 0.213 e. The number of ether oxygens (including phenoxy) is 2. The zero-order valence-electron chi connectivity index (χ0n) is 15.2. The number of pyridine rings is 2. The minimum absolute atomic E-state index is 0.111. The maximum atomic E-state index is 5.91. The van der Waals surface area contributed by atoms with E-state index in [1.807, 2.05) is 24.3 Å². The normalized spacial score (nSPS) is 16.8. The van der Waals surface area contributed by atoms with E-state index >= 15 is 0 Å². The van der Waals surface area contributed by atoms with Crippen LogP contribution in [0.3, 0.4) is 0 Å². The summed E-state index contributed by atoms with van der Waals surface area (Å²) < 4.78 is 11.3. The molecule has 0 spiro atoms. The summed E-state index contributed by atoms with van der Waals surface area (Å²) in [6, 6.07) is 12.2. The summed E-state index contributed by atoms with van der Waals surface area (Å²) in [6.45, 7) is 6.27. The lowest BCUT2D eigenvalue weighted by molar-refractivity contribution is 0.138. The SMILES string of the molecule is Cc1nc2ccccc2c(NCc2ccnc(OC3CCOC3)c2)c1C. The Morgan fingerprint density at radius 1 is 1.23 bits per heavy atom. The van der Waals surface area contributed by atoms with Crippen LogP contribution in [0.1, 0.15) is 23.2 Å². The highest BCUT2D eigenvalue weighted by Gasteiger charge is 2.17. The molecule has 0 aliphatic carbocycles. The first-order valence-corrected chi connectivity index (χ1v) is 9.00. The van der Waals surface area contributed by atoms with E-state index in [0.29, 0.717) is 19.0 Å². The van der Waals surface area contributed by atoms with Crippen molar-refractivity contribution >= 4 is 16.6 Å². The molecule has 1 aliphatic heterocycles. The fourth-order valence-electron chi connectivity index (χ4n) is 3.25. The lowest BCUT2D eigenvalue weighted by Crippen LogP contribution is -2.16. The lowest BCUT2D eigenvalue weighted by Gasteiger charge is -2.15. The second-order valence-corrected chi connectivity index (χ2v) is 6.67. The van der Waals surface area contributed by atoms with Crippen LogP contribution in [0.25, 0.3) is 10.9 Å². The summed E-state index contributed by atoms with van der Waals surface area (Å²) in [4.78, 5) is 9.00. The molecule has 2 aromatic heterocycles. The quantitative estimate of drug-likeness (QED) is 0.754. The highest BCUT2D eigenvalue weighted by Crippen LogP contribution is 2.28. The predicted octanol–water partition coefficient (Wildman–Crippen LogP) is 4.03. The molecule has 1 saturated heterocycles. The van der Waals surface area contributed by atoms with E-state index in [4.69, 9.17) is 9.47 Å². The molecule has 26 heavy (non-hydrogen) atoms. The van der Waals surface area contributed by atoms with Crippen molar-refractivity contribution in [2.24, 2.45) is 0 Å². The largest absolute Gasteiger partial charge is 0.472 e. The molecule has 1 aliphatic rings. The monoisotopic (exact) mass is 349 g/mol. The summed E-state index contributed by atoms with van der Waals surface area (Å²) in [5.41, 5.74) is 5.50. The van der Waals surface area contributed by atoms with Crippen LogP contribution >= 0.6 is 0 Å². The number of fused-ring (bicyclic) bond motifs is 1. The Hall–Kier alpha value is -2.66. The number of benzene rings is 1. The van der Waals surface area contributed by atoms with Crippen LogP contribution in [0.5, 0.6) is 5.88 Å². The van der Waals surface area contributed by atoms with Crippen molar-refractivity contribution in [1.82, 2.24) is 9.97 Å². The van der Waals surface area contributed by atoms with Gasteiger partial charge in [0.05, 0.1) is 18.7 Å². The Balaban J connectivity index is 1.54. The Morgan fingerprint density at radius 3 is 2.96 bits per heavy atom. The molecule has 5 nitrogen and oxygen atoms in total. The van der Waals surface area contributed by atoms with Crippen molar-refractivity contribution in [2.75, 3.05) is 18.5 Å². The molecule has 3 heterocycles. The van der Waals surface area contributed by atoms with E-state index in [9.17, 15) is 0 Å². The van der Waals surface area contributed by atoms with E-state index < -0.39 is 0 Å². The number of nitrogens with zero attached hydrogens (tertiary/aromatic N) is 2. The standard InChI is InChI=1S/C21H23N3O2/c1-14-15(2)24-19-6-4-3-5-18(19)21(14)23-12-16-7-9-22-20(11-16)26-17-8-10-25-13-17/h3-7,9,11,17H,8,10,12-13H2,1-2H3,(H,23,24). The minimum atomic E-state index is 0.111. The van der Waals surface area contributed by atoms with Crippen molar-refractivity contribution in [2.45, 2.75) is 32.9 Å². The molecule has 1 fully saturated rings. The van der Waals surface area contributed by atoms with Crippen molar-refractivity contribution in [3.05, 3.63) is 59.4 Å². The lowest BCUT2D eigenvalue weighted by atomic mass is 10.1. The van der Waals surface area contributed by atoms with Crippen LogP contribution in [-0.2, 0) is 11.3 Å². The fraction of sp³-hybridized carbons (Fsp3) is 0.333. The average Bonchev–Trinajstić information content (AvgIpc) is 3.15. The zero-order valence-corrected chi connectivity index (χ0v) is 15.2. The van der Waals surface area contributed by atoms with Gasteiger partial charge < -0.3 is 14.8 Å². The Kier molecular flexibility index (Phi) is 4.71. The highest BCUT2D eigenvalue weighted by atomic mass is 16.5.